The van der Waals surface area contributed by atoms with Crippen LogP contribution in [0.4, 0.5) is 5.69 Å². The van der Waals surface area contributed by atoms with Crippen LogP contribution in [0.5, 0.6) is 0 Å². The largest absolute Gasteiger partial charge is 0.324 e. The Morgan fingerprint density at radius 2 is 2.00 bits per heavy atom. The highest BCUT2D eigenvalue weighted by atomic mass is 79.9. The molecule has 1 aromatic rings. The zero-order valence-corrected chi connectivity index (χ0v) is 12.3. The molecule has 5 heteroatoms. The van der Waals surface area contributed by atoms with Crippen LogP contribution in [-0.4, -0.2) is 11.9 Å². The number of nitrogens with one attached hydrogen (secondary N) is 1. The number of carbonyl (C=O) groups is 1. The minimum Gasteiger partial charge on any atom is -0.324 e. The van der Waals surface area contributed by atoms with Crippen molar-refractivity contribution in [1.82, 2.24) is 0 Å². The summed E-state index contributed by atoms with van der Waals surface area (Å²) in [6.45, 7) is 3.83. The summed E-state index contributed by atoms with van der Waals surface area (Å²) >= 11 is 6.72. The van der Waals surface area contributed by atoms with Gasteiger partial charge in [-0.05, 0) is 40.0 Å². The first-order chi connectivity index (χ1) is 7.41. The van der Waals surface area contributed by atoms with Crippen LogP contribution in [-0.2, 0) is 4.79 Å². The number of nitrogens with two attached hydrogens (primary N) is 1. The van der Waals surface area contributed by atoms with Crippen molar-refractivity contribution in [2.24, 2.45) is 11.7 Å². The van der Waals surface area contributed by atoms with Crippen molar-refractivity contribution in [3.63, 3.8) is 0 Å². The molecule has 0 bridgehead atoms. The van der Waals surface area contributed by atoms with Gasteiger partial charge in [0.15, 0.2) is 0 Å². The second-order valence-corrected chi connectivity index (χ2v) is 5.65. The number of halogens is 2. The zero-order chi connectivity index (χ0) is 12.3. The lowest BCUT2D eigenvalue weighted by molar-refractivity contribution is -0.118. The molecule has 1 rings (SSSR count). The number of amides is 1. The first-order valence-electron chi connectivity index (χ1n) is 4.93. The van der Waals surface area contributed by atoms with Crippen LogP contribution in [0.15, 0.2) is 27.1 Å². The summed E-state index contributed by atoms with van der Waals surface area (Å²) in [7, 11) is 0. The van der Waals surface area contributed by atoms with E-state index in [4.69, 9.17) is 5.73 Å². The number of benzene rings is 1. The van der Waals surface area contributed by atoms with Crippen LogP contribution in [0.3, 0.4) is 0 Å². The fraction of sp³-hybridized carbons (Fsp3) is 0.364. The monoisotopic (exact) mass is 348 g/mol. The van der Waals surface area contributed by atoms with Crippen LogP contribution in [0.1, 0.15) is 13.8 Å². The van der Waals surface area contributed by atoms with Crippen LogP contribution in [0, 0.1) is 5.92 Å². The molecule has 0 unspecified atom stereocenters. The van der Waals surface area contributed by atoms with E-state index < -0.39 is 6.04 Å². The Morgan fingerprint density at radius 1 is 1.38 bits per heavy atom. The summed E-state index contributed by atoms with van der Waals surface area (Å²) in [6, 6.07) is 5.09. The molecule has 0 aliphatic heterocycles. The van der Waals surface area contributed by atoms with Crippen molar-refractivity contribution >= 4 is 43.5 Å². The quantitative estimate of drug-likeness (QED) is 0.880. The van der Waals surface area contributed by atoms with E-state index in [0.29, 0.717) is 0 Å². The summed E-state index contributed by atoms with van der Waals surface area (Å²) in [5.41, 5.74) is 6.47. The van der Waals surface area contributed by atoms with E-state index in [1.54, 1.807) is 0 Å². The van der Waals surface area contributed by atoms with Gasteiger partial charge in [0.25, 0.3) is 0 Å². The van der Waals surface area contributed by atoms with Crippen molar-refractivity contribution in [2.75, 3.05) is 5.32 Å². The van der Waals surface area contributed by atoms with Gasteiger partial charge in [-0.25, -0.2) is 0 Å². The SMILES string of the molecule is CC(C)[C@@H](N)C(=O)Nc1cc(Br)ccc1Br. The highest BCUT2D eigenvalue weighted by Crippen LogP contribution is 2.26. The summed E-state index contributed by atoms with van der Waals surface area (Å²) in [5, 5.41) is 2.79. The van der Waals surface area contributed by atoms with Gasteiger partial charge in [0.2, 0.25) is 5.91 Å². The van der Waals surface area contributed by atoms with Gasteiger partial charge < -0.3 is 11.1 Å². The molecular formula is C11H14Br2N2O. The molecular weight excluding hydrogens is 336 g/mol. The van der Waals surface area contributed by atoms with Crippen molar-refractivity contribution in [1.29, 1.82) is 0 Å². The van der Waals surface area contributed by atoms with E-state index in [1.807, 2.05) is 32.0 Å². The molecule has 1 amide bonds. The number of hydrogen-bond donors (Lipinski definition) is 2. The molecule has 0 aromatic heterocycles. The predicted octanol–water partition coefficient (Wildman–Crippen LogP) is 3.13. The maximum atomic E-state index is 11.7. The molecule has 16 heavy (non-hydrogen) atoms. The van der Waals surface area contributed by atoms with E-state index in [2.05, 4.69) is 37.2 Å². The third-order valence-electron chi connectivity index (χ3n) is 2.21. The van der Waals surface area contributed by atoms with E-state index >= 15 is 0 Å². The molecule has 3 N–H and O–H groups in total. The van der Waals surface area contributed by atoms with Gasteiger partial charge in [-0.15, -0.1) is 0 Å². The second kappa shape index (κ2) is 5.80. The van der Waals surface area contributed by atoms with Crippen molar-refractivity contribution in [2.45, 2.75) is 19.9 Å². The Morgan fingerprint density at radius 3 is 2.56 bits per heavy atom. The summed E-state index contributed by atoms with van der Waals surface area (Å²) in [6.07, 6.45) is 0. The third kappa shape index (κ3) is 3.57. The Kier molecular flexibility index (Phi) is 4.95. The normalized spacial score (nSPS) is 12.6. The number of carbonyl (C=O) groups excluding carboxylic acids is 1. The van der Waals surface area contributed by atoms with Gasteiger partial charge in [-0.3, -0.25) is 4.79 Å². The summed E-state index contributed by atoms with van der Waals surface area (Å²) in [5.74, 6) is -0.0558. The molecule has 0 aliphatic carbocycles. The topological polar surface area (TPSA) is 55.1 Å². The van der Waals surface area contributed by atoms with Gasteiger partial charge in [-0.2, -0.15) is 0 Å². The molecule has 0 spiro atoms. The van der Waals surface area contributed by atoms with Gasteiger partial charge in [-0.1, -0.05) is 29.8 Å². The first kappa shape index (κ1) is 13.7. The fourth-order valence-electron chi connectivity index (χ4n) is 1.11. The van der Waals surface area contributed by atoms with E-state index in [1.165, 1.54) is 0 Å². The smallest absolute Gasteiger partial charge is 0.241 e. The van der Waals surface area contributed by atoms with Crippen molar-refractivity contribution in [3.8, 4) is 0 Å². The molecule has 1 aromatic carbocycles. The molecule has 0 radical (unpaired) electrons. The Labute approximate surface area is 112 Å². The zero-order valence-electron chi connectivity index (χ0n) is 9.13. The molecule has 0 fully saturated rings. The molecule has 3 nitrogen and oxygen atoms in total. The Hall–Kier alpha value is -0.390. The highest BCUT2D eigenvalue weighted by molar-refractivity contribution is 9.11. The fourth-order valence-corrected chi connectivity index (χ4v) is 1.82. The molecule has 0 saturated carbocycles. The average Bonchev–Trinajstić information content (AvgIpc) is 2.22. The van der Waals surface area contributed by atoms with Gasteiger partial charge >= 0.3 is 0 Å². The maximum Gasteiger partial charge on any atom is 0.241 e. The van der Waals surface area contributed by atoms with Crippen LogP contribution in [0.2, 0.25) is 0 Å². The van der Waals surface area contributed by atoms with E-state index in [-0.39, 0.29) is 11.8 Å². The van der Waals surface area contributed by atoms with Crippen LogP contribution >= 0.6 is 31.9 Å². The molecule has 0 saturated heterocycles. The molecule has 1 atom stereocenters. The van der Waals surface area contributed by atoms with E-state index in [9.17, 15) is 4.79 Å². The predicted molar refractivity (Wildman–Crippen MR) is 73.3 cm³/mol. The number of hydrogen-bond acceptors (Lipinski definition) is 2. The van der Waals surface area contributed by atoms with Gasteiger partial charge in [0.1, 0.15) is 0 Å². The van der Waals surface area contributed by atoms with Crippen molar-refractivity contribution < 1.29 is 4.79 Å². The minimum absolute atomic E-state index is 0.117. The Balaban J connectivity index is 2.80. The lowest BCUT2D eigenvalue weighted by Gasteiger charge is -2.16. The average molecular weight is 350 g/mol. The lowest BCUT2D eigenvalue weighted by atomic mass is 10.1. The van der Waals surface area contributed by atoms with Crippen molar-refractivity contribution in [3.05, 3.63) is 27.1 Å². The first-order valence-corrected chi connectivity index (χ1v) is 6.52. The van der Waals surface area contributed by atoms with Gasteiger partial charge in [0.05, 0.1) is 11.7 Å². The molecule has 0 heterocycles. The number of rotatable bonds is 3. The highest BCUT2D eigenvalue weighted by Gasteiger charge is 2.17. The Bertz CT molecular complexity index is 394. The number of anilines is 1. The van der Waals surface area contributed by atoms with Gasteiger partial charge in [0, 0.05) is 8.95 Å². The summed E-state index contributed by atoms with van der Waals surface area (Å²) < 4.78 is 1.74. The third-order valence-corrected chi connectivity index (χ3v) is 3.39. The van der Waals surface area contributed by atoms with Crippen LogP contribution in [0.25, 0.3) is 0 Å². The van der Waals surface area contributed by atoms with E-state index in [0.717, 1.165) is 14.6 Å². The summed E-state index contributed by atoms with van der Waals surface area (Å²) in [4.78, 5) is 11.7. The lowest BCUT2D eigenvalue weighted by Crippen LogP contribution is -2.39. The van der Waals surface area contributed by atoms with Crippen LogP contribution < -0.4 is 11.1 Å². The molecule has 88 valence electrons. The maximum absolute atomic E-state index is 11.7. The second-order valence-electron chi connectivity index (χ2n) is 3.88. The standard InChI is InChI=1S/C11H14Br2N2O/c1-6(2)10(14)11(16)15-9-5-7(12)3-4-8(9)13/h3-6,10H,14H2,1-2H3,(H,15,16)/t10-/m1/s1. The minimum atomic E-state index is -0.495. The molecule has 0 aliphatic rings.